The molecule has 128 valence electrons. The van der Waals surface area contributed by atoms with E-state index in [0.29, 0.717) is 16.4 Å². The number of fused-ring (bicyclic) bond motifs is 1. The molecule has 0 saturated heterocycles. The number of aliphatic carboxylic acids is 1. The Labute approximate surface area is 146 Å². The Balaban J connectivity index is 2.35. The molecule has 2 rings (SSSR count). The van der Waals surface area contributed by atoms with Crippen molar-refractivity contribution in [2.24, 2.45) is 5.73 Å². The summed E-state index contributed by atoms with van der Waals surface area (Å²) in [5, 5.41) is 12.1. The van der Waals surface area contributed by atoms with Gasteiger partial charge in [0.2, 0.25) is 5.91 Å². The van der Waals surface area contributed by atoms with Crippen LogP contribution in [0.2, 0.25) is 10.0 Å². The number of halogens is 2. The number of carboxylic acids is 1. The highest BCUT2D eigenvalue weighted by Gasteiger charge is 2.25. The van der Waals surface area contributed by atoms with Gasteiger partial charge in [-0.05, 0) is 19.4 Å². The molecular weight excluding hydrogens is 359 g/mol. The second-order valence-corrected chi connectivity index (χ2v) is 5.96. The normalized spacial score (nSPS) is 12.1. The van der Waals surface area contributed by atoms with E-state index in [-0.39, 0.29) is 23.6 Å². The minimum Gasteiger partial charge on any atom is -0.480 e. The zero-order valence-corrected chi connectivity index (χ0v) is 14.1. The zero-order chi connectivity index (χ0) is 18.0. The Morgan fingerprint density at radius 3 is 2.67 bits per heavy atom. The van der Waals surface area contributed by atoms with E-state index in [1.165, 1.54) is 16.7 Å². The fraction of sp³-hybridized carbons (Fsp3) is 0.286. The largest absolute Gasteiger partial charge is 0.480 e. The Morgan fingerprint density at radius 1 is 1.42 bits per heavy atom. The van der Waals surface area contributed by atoms with Crippen LogP contribution in [0, 0.1) is 6.92 Å². The quantitative estimate of drug-likeness (QED) is 0.705. The number of aromatic nitrogens is 2. The second kappa shape index (κ2) is 7.06. The average molecular weight is 373 g/mol. The fourth-order valence-corrected chi connectivity index (χ4v) is 2.74. The van der Waals surface area contributed by atoms with Crippen LogP contribution < -0.4 is 11.1 Å². The van der Waals surface area contributed by atoms with E-state index in [1.54, 1.807) is 6.92 Å². The minimum absolute atomic E-state index is 0.111. The predicted molar refractivity (Wildman–Crippen MR) is 87.3 cm³/mol. The van der Waals surface area contributed by atoms with Gasteiger partial charge in [0.15, 0.2) is 5.65 Å². The Morgan fingerprint density at radius 2 is 2.08 bits per heavy atom. The number of rotatable bonds is 6. The first-order valence-corrected chi connectivity index (χ1v) is 7.62. The van der Waals surface area contributed by atoms with Gasteiger partial charge in [0.25, 0.3) is 5.91 Å². The van der Waals surface area contributed by atoms with E-state index in [4.69, 9.17) is 28.9 Å². The highest BCUT2D eigenvalue weighted by atomic mass is 35.5. The molecule has 0 aliphatic carbocycles. The van der Waals surface area contributed by atoms with Gasteiger partial charge in [-0.15, -0.1) is 0 Å². The Kier molecular flexibility index (Phi) is 5.30. The van der Waals surface area contributed by atoms with Crippen molar-refractivity contribution in [2.75, 3.05) is 0 Å². The first-order valence-electron chi connectivity index (χ1n) is 6.86. The molecule has 2 aromatic rings. The summed E-state index contributed by atoms with van der Waals surface area (Å²) in [6, 6.07) is 0.226. The molecule has 4 N–H and O–H groups in total. The first kappa shape index (κ1) is 18.0. The third-order valence-corrected chi connectivity index (χ3v) is 3.80. The van der Waals surface area contributed by atoms with Crippen LogP contribution in [0.4, 0.5) is 0 Å². The van der Waals surface area contributed by atoms with Crippen molar-refractivity contribution in [2.45, 2.75) is 25.8 Å². The lowest BCUT2D eigenvalue weighted by atomic mass is 10.1. The van der Waals surface area contributed by atoms with Crippen molar-refractivity contribution in [1.29, 1.82) is 0 Å². The molecule has 2 aromatic heterocycles. The predicted octanol–water partition coefficient (Wildman–Crippen LogP) is 1.40. The Bertz CT molecular complexity index is 834. The van der Waals surface area contributed by atoms with Gasteiger partial charge in [0.1, 0.15) is 11.7 Å². The van der Waals surface area contributed by atoms with Gasteiger partial charge in [-0.3, -0.25) is 14.0 Å². The zero-order valence-electron chi connectivity index (χ0n) is 12.5. The van der Waals surface area contributed by atoms with Crippen molar-refractivity contribution in [1.82, 2.24) is 14.7 Å². The number of primary amides is 1. The fourth-order valence-electron chi connectivity index (χ4n) is 2.23. The minimum atomic E-state index is -1.27. The summed E-state index contributed by atoms with van der Waals surface area (Å²) >= 11 is 12.0. The van der Waals surface area contributed by atoms with Gasteiger partial charge < -0.3 is 16.2 Å². The van der Waals surface area contributed by atoms with Crippen LogP contribution in [0.1, 0.15) is 29.0 Å². The number of imidazole rings is 1. The number of nitrogens with zero attached hydrogens (tertiary/aromatic N) is 2. The summed E-state index contributed by atoms with van der Waals surface area (Å²) in [6.45, 7) is 1.59. The van der Waals surface area contributed by atoms with Crippen molar-refractivity contribution < 1.29 is 19.5 Å². The number of amides is 2. The summed E-state index contributed by atoms with van der Waals surface area (Å²) in [5.74, 6) is -2.60. The molecule has 2 heterocycles. The maximum atomic E-state index is 12.5. The number of nitrogens with two attached hydrogens (primary N) is 1. The molecule has 1 atom stereocenters. The van der Waals surface area contributed by atoms with Gasteiger partial charge >= 0.3 is 5.97 Å². The summed E-state index contributed by atoms with van der Waals surface area (Å²) in [4.78, 5) is 38.7. The van der Waals surface area contributed by atoms with E-state index >= 15 is 0 Å². The second-order valence-electron chi connectivity index (χ2n) is 5.11. The molecule has 0 spiro atoms. The standard InChI is InChI=1S/C14H14Cl2N4O4/c1-6-11(20-5-7(15)4-8(16)12(20)18-6)13(22)19-9(14(23)24)2-3-10(17)21/h4-5,9H,2-3H2,1H3,(H2,17,21)(H,19,22)(H,23,24). The third-order valence-electron chi connectivity index (χ3n) is 3.31. The van der Waals surface area contributed by atoms with Gasteiger partial charge in [0.05, 0.1) is 15.7 Å². The summed E-state index contributed by atoms with van der Waals surface area (Å²) in [5.41, 5.74) is 5.80. The molecule has 10 heteroatoms. The molecule has 0 fully saturated rings. The van der Waals surface area contributed by atoms with Crippen LogP contribution in [-0.2, 0) is 9.59 Å². The van der Waals surface area contributed by atoms with Crippen LogP contribution in [0.5, 0.6) is 0 Å². The van der Waals surface area contributed by atoms with Gasteiger partial charge in [-0.25, -0.2) is 9.78 Å². The third kappa shape index (κ3) is 3.77. The molecule has 0 bridgehead atoms. The smallest absolute Gasteiger partial charge is 0.326 e. The molecular formula is C14H14Cl2N4O4. The Hall–Kier alpha value is -2.32. The monoisotopic (exact) mass is 372 g/mol. The number of carboxylic acid groups (broad SMARTS) is 1. The van der Waals surface area contributed by atoms with Crippen LogP contribution in [0.25, 0.3) is 5.65 Å². The molecule has 0 aliphatic rings. The number of pyridine rings is 1. The lowest BCUT2D eigenvalue weighted by molar-refractivity contribution is -0.139. The van der Waals surface area contributed by atoms with Crippen molar-refractivity contribution in [3.05, 3.63) is 33.7 Å². The number of nitrogens with one attached hydrogen (secondary N) is 1. The molecule has 0 radical (unpaired) electrons. The highest BCUT2D eigenvalue weighted by Crippen LogP contribution is 2.24. The SMILES string of the molecule is Cc1nc2c(Cl)cc(Cl)cn2c1C(=O)NC(CCC(N)=O)C(=O)O. The van der Waals surface area contributed by atoms with Crippen molar-refractivity contribution in [3.8, 4) is 0 Å². The van der Waals surface area contributed by atoms with Crippen LogP contribution >= 0.6 is 23.2 Å². The number of hydrogen-bond donors (Lipinski definition) is 3. The summed E-state index contributed by atoms with van der Waals surface area (Å²) in [7, 11) is 0. The number of hydrogen-bond acceptors (Lipinski definition) is 4. The number of carbonyl (C=O) groups is 3. The maximum Gasteiger partial charge on any atom is 0.326 e. The van der Waals surface area contributed by atoms with Crippen LogP contribution in [0.15, 0.2) is 12.3 Å². The highest BCUT2D eigenvalue weighted by molar-refractivity contribution is 6.36. The molecule has 0 aromatic carbocycles. The van der Waals surface area contributed by atoms with E-state index in [1.807, 2.05) is 0 Å². The van der Waals surface area contributed by atoms with E-state index < -0.39 is 23.8 Å². The van der Waals surface area contributed by atoms with E-state index in [2.05, 4.69) is 10.3 Å². The van der Waals surface area contributed by atoms with Crippen LogP contribution in [-0.4, -0.2) is 38.3 Å². The summed E-state index contributed by atoms with van der Waals surface area (Å²) < 4.78 is 1.39. The van der Waals surface area contributed by atoms with E-state index in [9.17, 15) is 19.5 Å². The lowest BCUT2D eigenvalue weighted by Crippen LogP contribution is -2.42. The molecule has 1 unspecified atom stereocenters. The number of aryl methyl sites for hydroxylation is 1. The summed E-state index contributed by atoms with van der Waals surface area (Å²) in [6.07, 6.45) is 1.17. The molecule has 0 saturated carbocycles. The molecule has 2 amide bonds. The molecule has 0 aliphatic heterocycles. The molecule has 8 nitrogen and oxygen atoms in total. The lowest BCUT2D eigenvalue weighted by Gasteiger charge is -2.14. The molecule has 24 heavy (non-hydrogen) atoms. The van der Waals surface area contributed by atoms with Gasteiger partial charge in [-0.1, -0.05) is 23.2 Å². The van der Waals surface area contributed by atoms with Crippen molar-refractivity contribution in [3.63, 3.8) is 0 Å². The van der Waals surface area contributed by atoms with Gasteiger partial charge in [0, 0.05) is 12.6 Å². The van der Waals surface area contributed by atoms with Gasteiger partial charge in [-0.2, -0.15) is 0 Å². The van der Waals surface area contributed by atoms with E-state index in [0.717, 1.165) is 0 Å². The number of carbonyl (C=O) groups excluding carboxylic acids is 2. The maximum absolute atomic E-state index is 12.5. The van der Waals surface area contributed by atoms with Crippen molar-refractivity contribution >= 4 is 46.6 Å². The van der Waals surface area contributed by atoms with Crippen LogP contribution in [0.3, 0.4) is 0 Å². The topological polar surface area (TPSA) is 127 Å². The average Bonchev–Trinajstić information content (AvgIpc) is 2.79. The first-order chi connectivity index (χ1) is 11.2.